The van der Waals surface area contributed by atoms with Crippen molar-refractivity contribution < 1.29 is 9.53 Å². The van der Waals surface area contributed by atoms with Gasteiger partial charge in [0.25, 0.3) is 5.56 Å². The van der Waals surface area contributed by atoms with Crippen LogP contribution in [0.2, 0.25) is 5.02 Å². The van der Waals surface area contributed by atoms with Gasteiger partial charge in [0.05, 0.1) is 21.3 Å². The van der Waals surface area contributed by atoms with Crippen molar-refractivity contribution in [3.8, 4) is 0 Å². The van der Waals surface area contributed by atoms with Crippen LogP contribution < -0.4 is 5.56 Å². The van der Waals surface area contributed by atoms with Gasteiger partial charge in [0.15, 0.2) is 4.96 Å². The second kappa shape index (κ2) is 6.43. The molecule has 0 spiro atoms. The summed E-state index contributed by atoms with van der Waals surface area (Å²) in [4.78, 5) is 30.4. The zero-order valence-corrected chi connectivity index (χ0v) is 16.3. The number of hydrogen-bond donors (Lipinski definition) is 0. The predicted molar refractivity (Wildman–Crippen MR) is 109 cm³/mol. The molecule has 5 nitrogen and oxygen atoms in total. The minimum Gasteiger partial charge on any atom is -0.458 e. The van der Waals surface area contributed by atoms with E-state index in [4.69, 9.17) is 16.3 Å². The summed E-state index contributed by atoms with van der Waals surface area (Å²) in [5, 5.41) is 0.634. The van der Waals surface area contributed by atoms with Crippen LogP contribution in [0.25, 0.3) is 15.2 Å². The lowest BCUT2D eigenvalue weighted by molar-refractivity contribution is -0.148. The first-order valence-electron chi connectivity index (χ1n) is 8.90. The Morgan fingerprint density at radius 1 is 1.18 bits per heavy atom. The number of thiazole rings is 1. The smallest absolute Gasteiger partial charge is 0.316 e. The lowest BCUT2D eigenvalue weighted by Crippen LogP contribution is -2.24. The molecule has 0 aliphatic heterocycles. The SMILES string of the molecule is O=C(OCc1cc(=O)n2c(n1)sc1ccccc12)C1(c2ccc(Cl)cc2)CC1. The van der Waals surface area contributed by atoms with Crippen LogP contribution in [0, 0.1) is 0 Å². The Morgan fingerprint density at radius 3 is 2.68 bits per heavy atom. The number of benzene rings is 2. The highest BCUT2D eigenvalue weighted by atomic mass is 35.5. The Morgan fingerprint density at radius 2 is 1.93 bits per heavy atom. The molecule has 5 rings (SSSR count). The molecule has 0 N–H and O–H groups in total. The quantitative estimate of drug-likeness (QED) is 0.469. The summed E-state index contributed by atoms with van der Waals surface area (Å²) >= 11 is 7.38. The fraction of sp³-hybridized carbons (Fsp3) is 0.190. The number of carbonyl (C=O) groups is 1. The van der Waals surface area contributed by atoms with Crippen molar-refractivity contribution >= 4 is 44.1 Å². The first-order chi connectivity index (χ1) is 13.6. The van der Waals surface area contributed by atoms with Crippen LogP contribution in [0.4, 0.5) is 0 Å². The van der Waals surface area contributed by atoms with Crippen LogP contribution in [0.3, 0.4) is 0 Å². The number of nitrogens with zero attached hydrogens (tertiary/aromatic N) is 2. The molecule has 2 aromatic carbocycles. The second-order valence-corrected chi connectivity index (χ2v) is 8.38. The molecule has 0 saturated heterocycles. The molecule has 0 bridgehead atoms. The van der Waals surface area contributed by atoms with E-state index in [0.29, 0.717) is 15.7 Å². The molecule has 1 aliphatic rings. The van der Waals surface area contributed by atoms with E-state index in [9.17, 15) is 9.59 Å². The van der Waals surface area contributed by atoms with Crippen molar-refractivity contribution in [2.24, 2.45) is 0 Å². The predicted octanol–water partition coefficient (Wildman–Crippen LogP) is 4.34. The summed E-state index contributed by atoms with van der Waals surface area (Å²) in [5.41, 5.74) is 1.43. The van der Waals surface area contributed by atoms with Gasteiger partial charge in [-0.1, -0.05) is 47.2 Å². The van der Waals surface area contributed by atoms with Crippen molar-refractivity contribution in [1.29, 1.82) is 0 Å². The number of esters is 1. The van der Waals surface area contributed by atoms with E-state index < -0.39 is 5.41 Å². The summed E-state index contributed by atoms with van der Waals surface area (Å²) in [6.45, 7) is -0.0197. The Kier molecular flexibility index (Phi) is 4.00. The minimum atomic E-state index is -0.596. The third-order valence-electron chi connectivity index (χ3n) is 5.14. The zero-order valence-electron chi connectivity index (χ0n) is 14.7. The summed E-state index contributed by atoms with van der Waals surface area (Å²) in [5.74, 6) is -0.284. The van der Waals surface area contributed by atoms with E-state index in [1.54, 1.807) is 16.5 Å². The molecule has 0 amide bonds. The summed E-state index contributed by atoms with van der Waals surface area (Å²) in [7, 11) is 0. The Bertz CT molecular complexity index is 1270. The summed E-state index contributed by atoms with van der Waals surface area (Å²) in [6, 6.07) is 16.4. The van der Waals surface area contributed by atoms with E-state index in [1.165, 1.54) is 17.4 Å². The van der Waals surface area contributed by atoms with Crippen molar-refractivity contribution in [1.82, 2.24) is 9.38 Å². The maximum atomic E-state index is 12.7. The fourth-order valence-electron chi connectivity index (χ4n) is 3.48. The summed E-state index contributed by atoms with van der Waals surface area (Å²) < 4.78 is 8.11. The van der Waals surface area contributed by atoms with Gasteiger partial charge in [-0.25, -0.2) is 4.98 Å². The van der Waals surface area contributed by atoms with Crippen LogP contribution in [-0.2, 0) is 21.6 Å². The maximum absolute atomic E-state index is 12.7. The number of fused-ring (bicyclic) bond motifs is 3. The molecular formula is C21H15ClN2O3S. The highest BCUT2D eigenvalue weighted by molar-refractivity contribution is 7.23. The Hall–Kier alpha value is -2.70. The van der Waals surface area contributed by atoms with Gasteiger partial charge in [0.1, 0.15) is 6.61 Å². The molecule has 28 heavy (non-hydrogen) atoms. The molecule has 4 aromatic rings. The number of aromatic nitrogens is 2. The molecule has 0 radical (unpaired) electrons. The summed E-state index contributed by atoms with van der Waals surface area (Å²) in [6.07, 6.45) is 1.50. The molecular weight excluding hydrogens is 396 g/mol. The topological polar surface area (TPSA) is 60.7 Å². The highest BCUT2D eigenvalue weighted by Gasteiger charge is 2.52. The van der Waals surface area contributed by atoms with E-state index in [-0.39, 0.29) is 18.1 Å². The maximum Gasteiger partial charge on any atom is 0.316 e. The normalized spacial score (nSPS) is 15.0. The van der Waals surface area contributed by atoms with E-state index in [2.05, 4.69) is 4.98 Å². The lowest BCUT2D eigenvalue weighted by atomic mass is 9.96. The average molecular weight is 411 g/mol. The zero-order chi connectivity index (χ0) is 19.3. The van der Waals surface area contributed by atoms with Crippen molar-refractivity contribution in [2.45, 2.75) is 24.9 Å². The van der Waals surface area contributed by atoms with Crippen LogP contribution >= 0.6 is 22.9 Å². The van der Waals surface area contributed by atoms with Gasteiger partial charge in [-0.2, -0.15) is 0 Å². The first kappa shape index (κ1) is 17.4. The number of carbonyl (C=O) groups excluding carboxylic acids is 1. The first-order valence-corrected chi connectivity index (χ1v) is 10.1. The molecule has 2 heterocycles. The number of rotatable bonds is 4. The Balaban J connectivity index is 1.40. The van der Waals surface area contributed by atoms with Crippen LogP contribution in [0.1, 0.15) is 24.1 Å². The molecule has 140 valence electrons. The van der Waals surface area contributed by atoms with Gasteiger partial charge in [-0.3, -0.25) is 14.0 Å². The average Bonchev–Trinajstić information content (AvgIpc) is 3.41. The monoisotopic (exact) mass is 410 g/mol. The van der Waals surface area contributed by atoms with Crippen molar-refractivity contribution in [3.05, 3.63) is 81.2 Å². The van der Waals surface area contributed by atoms with Crippen molar-refractivity contribution in [2.75, 3.05) is 0 Å². The number of ether oxygens (including phenoxy) is 1. The number of hydrogen-bond acceptors (Lipinski definition) is 5. The van der Waals surface area contributed by atoms with Crippen LogP contribution in [-0.4, -0.2) is 15.4 Å². The molecule has 1 fully saturated rings. The standard InChI is InChI=1S/C21H15ClN2O3S/c22-14-7-5-13(6-8-14)21(9-10-21)19(26)27-12-15-11-18(25)24-16-3-1-2-4-17(16)28-20(24)23-15/h1-8,11H,9-10,12H2. The highest BCUT2D eigenvalue weighted by Crippen LogP contribution is 2.49. The number of para-hydroxylation sites is 1. The second-order valence-electron chi connectivity index (χ2n) is 6.94. The van der Waals surface area contributed by atoms with Gasteiger partial charge in [0.2, 0.25) is 0 Å². The molecule has 2 aromatic heterocycles. The van der Waals surface area contributed by atoms with Gasteiger partial charge >= 0.3 is 5.97 Å². The van der Waals surface area contributed by atoms with E-state index in [1.807, 2.05) is 36.4 Å². The minimum absolute atomic E-state index is 0.0197. The molecule has 1 aliphatic carbocycles. The lowest BCUT2D eigenvalue weighted by Gasteiger charge is -2.14. The molecule has 0 atom stereocenters. The largest absolute Gasteiger partial charge is 0.458 e. The van der Waals surface area contributed by atoms with Crippen LogP contribution in [0.15, 0.2) is 59.4 Å². The molecule has 0 unspecified atom stereocenters. The van der Waals surface area contributed by atoms with Gasteiger partial charge in [-0.15, -0.1) is 0 Å². The van der Waals surface area contributed by atoms with Crippen molar-refractivity contribution in [3.63, 3.8) is 0 Å². The third-order valence-corrected chi connectivity index (χ3v) is 6.41. The Labute approximate surface area is 169 Å². The van der Waals surface area contributed by atoms with E-state index in [0.717, 1.165) is 28.6 Å². The van der Waals surface area contributed by atoms with Gasteiger partial charge in [-0.05, 0) is 42.7 Å². The molecule has 1 saturated carbocycles. The van der Waals surface area contributed by atoms with Gasteiger partial charge in [0, 0.05) is 11.1 Å². The van der Waals surface area contributed by atoms with Gasteiger partial charge < -0.3 is 4.74 Å². The van der Waals surface area contributed by atoms with Crippen LogP contribution in [0.5, 0.6) is 0 Å². The fourth-order valence-corrected chi connectivity index (χ4v) is 4.66. The number of halogens is 1. The third kappa shape index (κ3) is 2.80. The molecule has 7 heteroatoms. The van der Waals surface area contributed by atoms with E-state index >= 15 is 0 Å².